The predicted octanol–water partition coefficient (Wildman–Crippen LogP) is 3.25. The van der Waals surface area contributed by atoms with E-state index in [9.17, 15) is 18.3 Å². The molecule has 0 saturated carbocycles. The number of aliphatic hydroxyl groups excluding tert-OH is 2. The number of nitrogens with zero attached hydrogens (tertiary/aromatic N) is 3. The first-order chi connectivity index (χ1) is 14.3. The van der Waals surface area contributed by atoms with Crippen LogP contribution in [0.5, 0.6) is 0 Å². The molecule has 0 fully saturated rings. The average Bonchev–Trinajstić information content (AvgIpc) is 3.23. The molecule has 2 aromatic heterocycles. The van der Waals surface area contributed by atoms with Gasteiger partial charge in [0.1, 0.15) is 11.8 Å². The summed E-state index contributed by atoms with van der Waals surface area (Å²) in [5.41, 5.74) is 1.59. The van der Waals surface area contributed by atoms with Crippen LogP contribution in [0.3, 0.4) is 0 Å². The van der Waals surface area contributed by atoms with Crippen molar-refractivity contribution in [2.24, 2.45) is 0 Å². The Kier molecular flexibility index (Phi) is 6.80. The molecule has 7 nitrogen and oxygen atoms in total. The number of halogens is 3. The first kappa shape index (κ1) is 21.9. The highest BCUT2D eigenvalue weighted by molar-refractivity contribution is 5.61. The SMILES string of the molecule is CCc1cc(-c2noc(-c3ccnc(C(F)(F)F)c3)n2)ccc1COC[C@@H](O)CO. The Morgan fingerprint density at radius 2 is 1.93 bits per heavy atom. The molecule has 0 bridgehead atoms. The molecule has 1 atom stereocenters. The summed E-state index contributed by atoms with van der Waals surface area (Å²) in [6, 6.07) is 7.65. The monoisotopic (exact) mass is 423 g/mol. The van der Waals surface area contributed by atoms with E-state index in [1.165, 1.54) is 6.07 Å². The molecular weight excluding hydrogens is 403 g/mol. The summed E-state index contributed by atoms with van der Waals surface area (Å²) in [5.74, 6) is 0.203. The van der Waals surface area contributed by atoms with Gasteiger partial charge in [-0.3, -0.25) is 4.98 Å². The maximum absolute atomic E-state index is 12.9. The molecule has 0 amide bonds. The first-order valence-corrected chi connectivity index (χ1v) is 9.18. The number of aromatic nitrogens is 3. The minimum atomic E-state index is -4.57. The van der Waals surface area contributed by atoms with Crippen molar-refractivity contribution >= 4 is 0 Å². The van der Waals surface area contributed by atoms with Gasteiger partial charge in [-0.1, -0.05) is 24.2 Å². The number of benzene rings is 1. The van der Waals surface area contributed by atoms with E-state index in [1.807, 2.05) is 19.1 Å². The number of aliphatic hydroxyl groups is 2. The van der Waals surface area contributed by atoms with Gasteiger partial charge in [0.2, 0.25) is 5.82 Å². The second-order valence-corrected chi connectivity index (χ2v) is 6.54. The lowest BCUT2D eigenvalue weighted by Gasteiger charge is -2.12. The van der Waals surface area contributed by atoms with Crippen LogP contribution < -0.4 is 0 Å². The molecule has 10 heteroatoms. The van der Waals surface area contributed by atoms with Crippen LogP contribution in [0.4, 0.5) is 13.2 Å². The van der Waals surface area contributed by atoms with Crippen LogP contribution in [0.25, 0.3) is 22.8 Å². The number of aryl methyl sites for hydroxylation is 1. The van der Waals surface area contributed by atoms with Crippen molar-refractivity contribution in [2.75, 3.05) is 13.2 Å². The molecule has 0 saturated heterocycles. The number of pyridine rings is 1. The number of hydrogen-bond donors (Lipinski definition) is 2. The largest absolute Gasteiger partial charge is 0.433 e. The van der Waals surface area contributed by atoms with Gasteiger partial charge in [0.15, 0.2) is 0 Å². The van der Waals surface area contributed by atoms with Gasteiger partial charge in [-0.15, -0.1) is 0 Å². The predicted molar refractivity (Wildman–Crippen MR) is 100 cm³/mol. The van der Waals surface area contributed by atoms with Crippen molar-refractivity contribution in [1.29, 1.82) is 0 Å². The van der Waals surface area contributed by atoms with E-state index in [0.717, 1.165) is 23.4 Å². The van der Waals surface area contributed by atoms with E-state index in [1.54, 1.807) is 6.07 Å². The third-order valence-corrected chi connectivity index (χ3v) is 4.35. The molecule has 1 aromatic carbocycles. The van der Waals surface area contributed by atoms with Gasteiger partial charge in [0, 0.05) is 17.3 Å². The van der Waals surface area contributed by atoms with Gasteiger partial charge in [-0.2, -0.15) is 18.2 Å². The molecule has 2 N–H and O–H groups in total. The van der Waals surface area contributed by atoms with E-state index in [4.69, 9.17) is 14.4 Å². The topological polar surface area (TPSA) is 102 Å². The summed E-state index contributed by atoms with van der Waals surface area (Å²) in [6.07, 6.45) is -3.77. The lowest BCUT2D eigenvalue weighted by molar-refractivity contribution is -0.141. The van der Waals surface area contributed by atoms with Gasteiger partial charge in [-0.25, -0.2) is 0 Å². The van der Waals surface area contributed by atoms with Gasteiger partial charge in [0.25, 0.3) is 5.89 Å². The van der Waals surface area contributed by atoms with Crippen LogP contribution in [-0.2, 0) is 23.9 Å². The van der Waals surface area contributed by atoms with Gasteiger partial charge in [-0.05, 0) is 35.7 Å². The van der Waals surface area contributed by atoms with Crippen LogP contribution in [-0.4, -0.2) is 44.7 Å². The van der Waals surface area contributed by atoms with E-state index in [0.29, 0.717) is 12.0 Å². The third kappa shape index (κ3) is 5.21. The zero-order valence-corrected chi connectivity index (χ0v) is 16.1. The fraction of sp³-hybridized carbons (Fsp3) is 0.350. The molecule has 0 aliphatic rings. The molecule has 0 aliphatic heterocycles. The number of hydrogen-bond acceptors (Lipinski definition) is 7. The summed E-state index contributed by atoms with van der Waals surface area (Å²) in [5, 5.41) is 22.0. The van der Waals surface area contributed by atoms with Crippen molar-refractivity contribution in [3.05, 3.63) is 53.3 Å². The minimum Gasteiger partial charge on any atom is -0.394 e. The van der Waals surface area contributed by atoms with Crippen LogP contribution in [0.2, 0.25) is 0 Å². The fourth-order valence-electron chi connectivity index (χ4n) is 2.77. The number of alkyl halides is 3. The van der Waals surface area contributed by atoms with Crippen LogP contribution in [0.15, 0.2) is 41.1 Å². The molecule has 3 aromatic rings. The van der Waals surface area contributed by atoms with Gasteiger partial charge in [0.05, 0.1) is 19.8 Å². The molecular formula is C20H20F3N3O4. The summed E-state index contributed by atoms with van der Waals surface area (Å²) in [7, 11) is 0. The van der Waals surface area contributed by atoms with Crippen LogP contribution in [0.1, 0.15) is 23.7 Å². The Morgan fingerprint density at radius 1 is 1.13 bits per heavy atom. The van der Waals surface area contributed by atoms with Crippen molar-refractivity contribution in [2.45, 2.75) is 32.2 Å². The van der Waals surface area contributed by atoms with Crippen molar-refractivity contribution in [3.63, 3.8) is 0 Å². The van der Waals surface area contributed by atoms with E-state index >= 15 is 0 Å². The van der Waals surface area contributed by atoms with Crippen molar-refractivity contribution in [3.8, 4) is 22.8 Å². The molecule has 2 heterocycles. The zero-order chi connectivity index (χ0) is 21.7. The summed E-state index contributed by atoms with van der Waals surface area (Å²) in [4.78, 5) is 7.53. The number of rotatable bonds is 8. The van der Waals surface area contributed by atoms with Gasteiger partial charge >= 0.3 is 6.18 Å². The first-order valence-electron chi connectivity index (χ1n) is 9.18. The average molecular weight is 423 g/mol. The van der Waals surface area contributed by atoms with Crippen LogP contribution in [0, 0.1) is 0 Å². The molecule has 0 aliphatic carbocycles. The smallest absolute Gasteiger partial charge is 0.394 e. The molecule has 0 unspecified atom stereocenters. The quantitative estimate of drug-likeness (QED) is 0.574. The molecule has 0 spiro atoms. The zero-order valence-electron chi connectivity index (χ0n) is 16.1. The Labute approximate surface area is 170 Å². The van der Waals surface area contributed by atoms with E-state index in [-0.39, 0.29) is 37.1 Å². The molecule has 0 radical (unpaired) electrons. The highest BCUT2D eigenvalue weighted by atomic mass is 19.4. The second-order valence-electron chi connectivity index (χ2n) is 6.54. The lowest BCUT2D eigenvalue weighted by atomic mass is 10.0. The molecule has 160 valence electrons. The fourth-order valence-corrected chi connectivity index (χ4v) is 2.77. The van der Waals surface area contributed by atoms with E-state index in [2.05, 4.69) is 15.1 Å². The van der Waals surface area contributed by atoms with Gasteiger partial charge < -0.3 is 19.5 Å². The second kappa shape index (κ2) is 9.33. The summed E-state index contributed by atoms with van der Waals surface area (Å²) in [6.45, 7) is 1.86. The Morgan fingerprint density at radius 3 is 2.63 bits per heavy atom. The lowest BCUT2D eigenvalue weighted by Crippen LogP contribution is -2.19. The van der Waals surface area contributed by atoms with E-state index < -0.39 is 18.0 Å². The minimum absolute atomic E-state index is 0.0153. The third-order valence-electron chi connectivity index (χ3n) is 4.35. The molecule has 30 heavy (non-hydrogen) atoms. The highest BCUT2D eigenvalue weighted by Crippen LogP contribution is 2.31. The Balaban J connectivity index is 1.80. The summed E-state index contributed by atoms with van der Waals surface area (Å²) >= 11 is 0. The van der Waals surface area contributed by atoms with Crippen molar-refractivity contribution in [1.82, 2.24) is 15.1 Å². The molecule has 3 rings (SSSR count). The highest BCUT2D eigenvalue weighted by Gasteiger charge is 2.33. The maximum atomic E-state index is 12.9. The maximum Gasteiger partial charge on any atom is 0.433 e. The van der Waals surface area contributed by atoms with Crippen LogP contribution >= 0.6 is 0 Å². The van der Waals surface area contributed by atoms with Crippen molar-refractivity contribution < 1.29 is 32.6 Å². The summed E-state index contributed by atoms with van der Waals surface area (Å²) < 4.78 is 49.1. The number of ether oxygens (including phenoxy) is 1. The standard InChI is InChI=1S/C20H20F3N3O4/c1-2-12-7-13(3-4-15(12)10-29-11-16(28)9-27)18-25-19(30-26-18)14-5-6-24-17(8-14)20(21,22)23/h3-8,16,27-28H,2,9-11H2,1H3/t16-/m0/s1. The normalized spacial score (nSPS) is 12.9. The Bertz CT molecular complexity index is 991. The Hall–Kier alpha value is -2.82.